The van der Waals surface area contributed by atoms with Gasteiger partial charge in [-0.05, 0) is 39.5 Å². The number of rotatable bonds is 17. The summed E-state index contributed by atoms with van der Waals surface area (Å²) in [7, 11) is 2.67. The summed E-state index contributed by atoms with van der Waals surface area (Å²) in [5.74, 6) is -0.989. The average Bonchev–Trinajstić information content (AvgIpc) is 3.08. The van der Waals surface area contributed by atoms with Crippen LogP contribution in [0.15, 0.2) is 0 Å². The van der Waals surface area contributed by atoms with E-state index in [1.165, 1.54) is 0 Å². The van der Waals surface area contributed by atoms with E-state index >= 15 is 0 Å². The quantitative estimate of drug-likeness (QED) is 0.164. The second-order valence-electron chi connectivity index (χ2n) is 10.6. The van der Waals surface area contributed by atoms with Crippen molar-refractivity contribution < 1.29 is 28.7 Å². The van der Waals surface area contributed by atoms with Gasteiger partial charge in [0.15, 0.2) is 0 Å². The van der Waals surface area contributed by atoms with Crippen LogP contribution in [0.2, 0.25) is 0 Å². The molecular weight excluding hydrogens is 501 g/mol. The Balaban J connectivity index is 2.38. The zero-order chi connectivity index (χ0) is 27.6. The Morgan fingerprint density at radius 3 is 2.36 bits per heavy atom. The molecular formula is C25H44N3O6PS. The zero-order valence-electron chi connectivity index (χ0n) is 22.6. The Kier molecular flexibility index (Phi) is 13.0. The predicted molar refractivity (Wildman–Crippen MR) is 145 cm³/mol. The third kappa shape index (κ3) is 11.3. The van der Waals surface area contributed by atoms with Crippen LogP contribution in [0.3, 0.4) is 0 Å². The van der Waals surface area contributed by atoms with E-state index in [1.807, 2.05) is 41.5 Å². The number of imide groups is 1. The molecule has 1 aliphatic rings. The van der Waals surface area contributed by atoms with Crippen molar-refractivity contribution in [1.82, 2.24) is 15.5 Å². The first-order valence-corrected chi connectivity index (χ1v) is 14.2. The molecule has 0 saturated carbocycles. The fourth-order valence-electron chi connectivity index (χ4n) is 3.46. The maximum absolute atomic E-state index is 12.7. The van der Waals surface area contributed by atoms with Gasteiger partial charge < -0.3 is 20.2 Å². The average molecular weight is 546 g/mol. The van der Waals surface area contributed by atoms with Crippen molar-refractivity contribution in [3.63, 3.8) is 0 Å². The minimum Gasteiger partial charge on any atom is -0.375 e. The molecule has 0 aromatic carbocycles. The first-order valence-electron chi connectivity index (χ1n) is 12.6. The fourth-order valence-corrected chi connectivity index (χ4v) is 4.58. The molecule has 1 saturated heterocycles. The number of thioether (sulfide) groups is 1. The predicted octanol–water partition coefficient (Wildman–Crippen LogP) is 2.66. The third-order valence-corrected chi connectivity index (χ3v) is 8.60. The van der Waals surface area contributed by atoms with E-state index in [4.69, 9.17) is 4.74 Å². The normalized spacial score (nSPS) is 16.9. The summed E-state index contributed by atoms with van der Waals surface area (Å²) in [4.78, 5) is 61.7. The topological polar surface area (TPSA) is 122 Å². The number of likely N-dealkylation sites (tertiary alicyclic amines) is 1. The summed E-state index contributed by atoms with van der Waals surface area (Å²) in [6.07, 6.45) is 3.72. The van der Waals surface area contributed by atoms with Crippen LogP contribution < -0.4 is 10.6 Å². The molecule has 1 rings (SSSR count). The van der Waals surface area contributed by atoms with Gasteiger partial charge in [-0.1, -0.05) is 27.7 Å². The molecule has 1 heterocycles. The van der Waals surface area contributed by atoms with E-state index in [9.17, 15) is 24.0 Å². The molecule has 1 aliphatic heterocycles. The van der Waals surface area contributed by atoms with Gasteiger partial charge in [0.25, 0.3) is 0 Å². The van der Waals surface area contributed by atoms with Gasteiger partial charge in [0.1, 0.15) is 6.29 Å². The number of nitrogens with one attached hydrogen (secondary N) is 2. The van der Waals surface area contributed by atoms with Crippen LogP contribution >= 0.6 is 21.0 Å². The molecule has 4 amide bonds. The SMILES string of the molecule is CCC(P)(CC)NC(=O)CSC1CC(=O)N(CCC(=O)NCCC(C)(C)OCCC(C)(C)C=O)C1=O. The molecule has 11 heteroatoms. The van der Waals surface area contributed by atoms with E-state index in [-0.39, 0.29) is 54.0 Å². The number of carbonyl (C=O) groups is 5. The van der Waals surface area contributed by atoms with E-state index in [0.717, 1.165) is 35.8 Å². The van der Waals surface area contributed by atoms with Crippen LogP contribution in [0.5, 0.6) is 0 Å². The largest absolute Gasteiger partial charge is 0.375 e. The van der Waals surface area contributed by atoms with E-state index in [0.29, 0.717) is 26.0 Å². The summed E-state index contributed by atoms with van der Waals surface area (Å²) in [6.45, 7) is 12.4. The summed E-state index contributed by atoms with van der Waals surface area (Å²) < 4.78 is 5.87. The van der Waals surface area contributed by atoms with Gasteiger partial charge in [-0.2, -0.15) is 0 Å². The van der Waals surface area contributed by atoms with Gasteiger partial charge in [-0.15, -0.1) is 21.0 Å². The van der Waals surface area contributed by atoms with Crippen molar-refractivity contribution >= 4 is 50.9 Å². The monoisotopic (exact) mass is 545 g/mol. The minimum atomic E-state index is -0.601. The summed E-state index contributed by atoms with van der Waals surface area (Å²) in [5.41, 5.74) is -0.891. The maximum atomic E-state index is 12.7. The lowest BCUT2D eigenvalue weighted by Crippen LogP contribution is -2.43. The highest BCUT2D eigenvalue weighted by atomic mass is 32.2. The molecule has 0 aromatic rings. The molecule has 2 N–H and O–H groups in total. The van der Waals surface area contributed by atoms with E-state index < -0.39 is 16.3 Å². The Hall–Kier alpha value is -1.51. The van der Waals surface area contributed by atoms with E-state index in [2.05, 4.69) is 19.9 Å². The van der Waals surface area contributed by atoms with Gasteiger partial charge >= 0.3 is 0 Å². The number of ether oxygens (including phenoxy) is 1. The first-order chi connectivity index (χ1) is 16.7. The minimum absolute atomic E-state index is 0.0206. The van der Waals surface area contributed by atoms with Crippen LogP contribution in [0.4, 0.5) is 0 Å². The van der Waals surface area contributed by atoms with Crippen LogP contribution in [-0.2, 0) is 28.7 Å². The van der Waals surface area contributed by atoms with Crippen molar-refractivity contribution in [3.8, 4) is 0 Å². The standard InChI is InChI=1S/C25H44N3O6PS/c1-7-25(35,8-2)27-20(31)16-36-18-15-21(32)28(22(18)33)13-9-19(30)26-12-10-24(5,6)34-14-11-23(3,4)17-29/h17-18H,7-16,35H2,1-6H3,(H,26,30)(H,27,31). The van der Waals surface area contributed by atoms with Gasteiger partial charge in [-0.25, -0.2) is 0 Å². The number of aldehydes is 1. The third-order valence-electron chi connectivity index (χ3n) is 6.44. The Bertz CT molecular complexity index is 801. The van der Waals surface area contributed by atoms with Crippen molar-refractivity contribution in [2.24, 2.45) is 5.41 Å². The molecule has 0 radical (unpaired) electrons. The molecule has 0 bridgehead atoms. The lowest BCUT2D eigenvalue weighted by molar-refractivity contribution is -0.138. The molecule has 0 aliphatic carbocycles. The number of hydrogen-bond acceptors (Lipinski definition) is 7. The number of hydrogen-bond donors (Lipinski definition) is 2. The van der Waals surface area contributed by atoms with Crippen LogP contribution in [-0.4, -0.2) is 76.4 Å². The van der Waals surface area contributed by atoms with Crippen LogP contribution in [0.1, 0.15) is 80.1 Å². The second kappa shape index (κ2) is 14.4. The highest BCUT2D eigenvalue weighted by Gasteiger charge is 2.39. The van der Waals surface area contributed by atoms with Gasteiger partial charge in [0, 0.05) is 38.0 Å². The Labute approximate surface area is 222 Å². The second-order valence-corrected chi connectivity index (χ2v) is 12.9. The van der Waals surface area contributed by atoms with Crippen molar-refractivity contribution in [3.05, 3.63) is 0 Å². The van der Waals surface area contributed by atoms with Crippen molar-refractivity contribution in [2.75, 3.05) is 25.4 Å². The van der Waals surface area contributed by atoms with Crippen LogP contribution in [0.25, 0.3) is 0 Å². The smallest absolute Gasteiger partial charge is 0.242 e. The van der Waals surface area contributed by atoms with Gasteiger partial charge in [0.2, 0.25) is 23.6 Å². The Morgan fingerprint density at radius 2 is 1.78 bits per heavy atom. The maximum Gasteiger partial charge on any atom is 0.242 e. The lowest BCUT2D eigenvalue weighted by atomic mass is 9.92. The number of amides is 4. The lowest BCUT2D eigenvalue weighted by Gasteiger charge is -2.28. The molecule has 206 valence electrons. The highest BCUT2D eigenvalue weighted by Crippen LogP contribution is 2.27. The molecule has 0 spiro atoms. The number of carbonyl (C=O) groups excluding carboxylic acids is 5. The molecule has 1 fully saturated rings. The molecule has 9 nitrogen and oxygen atoms in total. The van der Waals surface area contributed by atoms with E-state index in [1.54, 1.807) is 0 Å². The molecule has 0 aromatic heterocycles. The van der Waals surface area contributed by atoms with Crippen molar-refractivity contribution in [2.45, 2.75) is 96.2 Å². The molecule has 36 heavy (non-hydrogen) atoms. The number of nitrogens with zero attached hydrogens (tertiary/aromatic N) is 1. The van der Waals surface area contributed by atoms with Gasteiger partial charge in [0.05, 0.1) is 21.9 Å². The molecule has 2 atom stereocenters. The zero-order valence-corrected chi connectivity index (χ0v) is 24.6. The Morgan fingerprint density at radius 1 is 1.14 bits per heavy atom. The summed E-state index contributed by atoms with van der Waals surface area (Å²) in [5, 5.41) is 4.81. The fraction of sp³-hybridized carbons (Fsp3) is 0.800. The van der Waals surface area contributed by atoms with Crippen LogP contribution in [0, 0.1) is 5.41 Å². The summed E-state index contributed by atoms with van der Waals surface area (Å²) in [6, 6.07) is 0. The highest BCUT2D eigenvalue weighted by molar-refractivity contribution is 8.01. The molecule has 2 unspecified atom stereocenters. The first kappa shape index (κ1) is 32.5. The summed E-state index contributed by atoms with van der Waals surface area (Å²) >= 11 is 1.16. The van der Waals surface area contributed by atoms with Crippen molar-refractivity contribution in [1.29, 1.82) is 0 Å². The van der Waals surface area contributed by atoms with Gasteiger partial charge in [-0.3, -0.25) is 24.1 Å².